The largest absolute Gasteiger partial charge is 0.496 e. The summed E-state index contributed by atoms with van der Waals surface area (Å²) in [5.74, 6) is 1.07. The van der Waals surface area contributed by atoms with Crippen LogP contribution in [0.15, 0.2) is 59.5 Å². The van der Waals surface area contributed by atoms with Crippen molar-refractivity contribution in [1.29, 1.82) is 5.26 Å². The van der Waals surface area contributed by atoms with Gasteiger partial charge in [-0.25, -0.2) is 14.6 Å². The average molecular weight is 478 g/mol. The minimum atomic E-state index is -0.599. The number of ether oxygens (including phenoxy) is 2. The SMILES string of the molecule is CCC(CC#N)OC(=O)N[C@H](C)c1cccc(NC(=O)Nc2ccc(-c3cnco3)c(OC)c2)c1. The van der Waals surface area contributed by atoms with E-state index in [9.17, 15) is 9.59 Å². The summed E-state index contributed by atoms with van der Waals surface area (Å²) in [7, 11) is 1.53. The zero-order chi connectivity index (χ0) is 25.2. The first-order chi connectivity index (χ1) is 16.9. The first kappa shape index (κ1) is 25.1. The predicted octanol–water partition coefficient (Wildman–Crippen LogP) is 5.47. The summed E-state index contributed by atoms with van der Waals surface area (Å²) < 4.78 is 16.0. The van der Waals surface area contributed by atoms with Gasteiger partial charge in [-0.2, -0.15) is 5.26 Å². The second-order valence-corrected chi connectivity index (χ2v) is 7.65. The number of carbonyl (C=O) groups excluding carboxylic acids is 2. The van der Waals surface area contributed by atoms with Crippen molar-refractivity contribution in [2.24, 2.45) is 0 Å². The average Bonchev–Trinajstić information content (AvgIpc) is 3.38. The van der Waals surface area contributed by atoms with E-state index in [0.717, 1.165) is 5.56 Å². The van der Waals surface area contributed by atoms with Crippen molar-refractivity contribution in [1.82, 2.24) is 10.3 Å². The molecular formula is C25H27N5O5. The number of urea groups is 1. The maximum Gasteiger partial charge on any atom is 0.407 e. The Morgan fingerprint density at radius 1 is 1.17 bits per heavy atom. The van der Waals surface area contributed by atoms with E-state index in [1.165, 1.54) is 13.5 Å². The number of amides is 3. The highest BCUT2D eigenvalue weighted by atomic mass is 16.6. The first-order valence-corrected chi connectivity index (χ1v) is 11.0. The third-order valence-corrected chi connectivity index (χ3v) is 5.18. The molecule has 10 nitrogen and oxygen atoms in total. The summed E-state index contributed by atoms with van der Waals surface area (Å²) in [4.78, 5) is 28.6. The number of alkyl carbamates (subject to hydrolysis) is 1. The molecule has 0 aliphatic carbocycles. The Labute approximate surface area is 203 Å². The van der Waals surface area contributed by atoms with Crippen LogP contribution < -0.4 is 20.7 Å². The molecule has 1 aromatic heterocycles. The van der Waals surface area contributed by atoms with Gasteiger partial charge in [0.2, 0.25) is 0 Å². The molecule has 2 aromatic carbocycles. The Morgan fingerprint density at radius 2 is 1.94 bits per heavy atom. The molecule has 3 N–H and O–H groups in total. The molecule has 0 aliphatic heterocycles. The second-order valence-electron chi connectivity index (χ2n) is 7.65. The van der Waals surface area contributed by atoms with Crippen molar-refractivity contribution in [3.05, 3.63) is 60.6 Å². The Bertz CT molecular complexity index is 1190. The van der Waals surface area contributed by atoms with Crippen LogP contribution >= 0.6 is 0 Å². The smallest absolute Gasteiger partial charge is 0.407 e. The summed E-state index contributed by atoms with van der Waals surface area (Å²) in [6.45, 7) is 3.65. The fourth-order valence-electron chi connectivity index (χ4n) is 3.32. The van der Waals surface area contributed by atoms with Crippen molar-refractivity contribution in [2.45, 2.75) is 38.8 Å². The lowest BCUT2D eigenvalue weighted by atomic mass is 10.1. The molecule has 2 atom stereocenters. The van der Waals surface area contributed by atoms with Gasteiger partial charge >= 0.3 is 12.1 Å². The van der Waals surface area contributed by atoms with Gasteiger partial charge in [0.15, 0.2) is 12.2 Å². The molecule has 0 saturated heterocycles. The summed E-state index contributed by atoms with van der Waals surface area (Å²) in [6, 6.07) is 13.4. The number of carbonyl (C=O) groups is 2. The van der Waals surface area contributed by atoms with Gasteiger partial charge in [-0.05, 0) is 43.2 Å². The van der Waals surface area contributed by atoms with E-state index in [2.05, 4.69) is 20.9 Å². The molecule has 3 aromatic rings. The third-order valence-electron chi connectivity index (χ3n) is 5.18. The van der Waals surface area contributed by atoms with Crippen LogP contribution in [0.3, 0.4) is 0 Å². The number of hydrogen-bond acceptors (Lipinski definition) is 7. The Balaban J connectivity index is 1.60. The minimum Gasteiger partial charge on any atom is -0.496 e. The highest BCUT2D eigenvalue weighted by Crippen LogP contribution is 2.32. The number of benzene rings is 2. The fraction of sp³-hybridized carbons (Fsp3) is 0.280. The number of oxazole rings is 1. The Morgan fingerprint density at radius 3 is 2.60 bits per heavy atom. The molecule has 0 radical (unpaired) electrons. The number of nitriles is 1. The van der Waals surface area contributed by atoms with Gasteiger partial charge in [0.1, 0.15) is 11.9 Å². The topological polar surface area (TPSA) is 139 Å². The number of hydrogen-bond donors (Lipinski definition) is 3. The van der Waals surface area contributed by atoms with Gasteiger partial charge < -0.3 is 29.8 Å². The van der Waals surface area contributed by atoms with Crippen molar-refractivity contribution in [3.8, 4) is 23.1 Å². The van der Waals surface area contributed by atoms with Crippen LogP contribution in [0.1, 0.15) is 38.3 Å². The van der Waals surface area contributed by atoms with E-state index in [4.69, 9.17) is 19.2 Å². The number of rotatable bonds is 9. The monoisotopic (exact) mass is 477 g/mol. The summed E-state index contributed by atoms with van der Waals surface area (Å²) in [6.07, 6.45) is 2.55. The highest BCUT2D eigenvalue weighted by molar-refractivity contribution is 6.00. The number of anilines is 2. The molecule has 1 unspecified atom stereocenters. The fourth-order valence-corrected chi connectivity index (χ4v) is 3.32. The molecule has 182 valence electrons. The molecule has 0 bridgehead atoms. The van der Waals surface area contributed by atoms with Gasteiger partial charge in [0, 0.05) is 17.4 Å². The Kier molecular flexibility index (Phi) is 8.67. The third kappa shape index (κ3) is 6.98. The molecule has 0 fully saturated rings. The number of nitrogens with zero attached hydrogens (tertiary/aromatic N) is 2. The van der Waals surface area contributed by atoms with Crippen LogP contribution in [0.25, 0.3) is 11.3 Å². The lowest BCUT2D eigenvalue weighted by molar-refractivity contribution is 0.0950. The predicted molar refractivity (Wildman–Crippen MR) is 130 cm³/mol. The summed E-state index contributed by atoms with van der Waals surface area (Å²) >= 11 is 0. The van der Waals surface area contributed by atoms with E-state index in [1.54, 1.807) is 49.5 Å². The van der Waals surface area contributed by atoms with Crippen LogP contribution in [-0.2, 0) is 4.74 Å². The summed E-state index contributed by atoms with van der Waals surface area (Å²) in [5.41, 5.74) is 2.55. The van der Waals surface area contributed by atoms with Gasteiger partial charge in [-0.15, -0.1) is 0 Å². The van der Waals surface area contributed by atoms with Crippen LogP contribution in [0.2, 0.25) is 0 Å². The van der Waals surface area contributed by atoms with Crippen molar-refractivity contribution in [2.75, 3.05) is 17.7 Å². The Hall–Kier alpha value is -4.52. The van der Waals surface area contributed by atoms with Crippen LogP contribution in [0.5, 0.6) is 5.75 Å². The highest BCUT2D eigenvalue weighted by Gasteiger charge is 2.16. The molecule has 0 aliphatic rings. The minimum absolute atomic E-state index is 0.140. The van der Waals surface area contributed by atoms with E-state index < -0.39 is 18.2 Å². The number of methoxy groups -OCH3 is 1. The molecule has 3 amide bonds. The molecule has 0 saturated carbocycles. The van der Waals surface area contributed by atoms with Crippen LogP contribution in [0.4, 0.5) is 21.0 Å². The standard InChI is InChI=1S/C25H27N5O5/c1-4-20(10-11-26)35-25(32)28-16(2)17-6-5-7-18(12-17)29-24(31)30-19-8-9-21(22(13-19)33-3)23-14-27-15-34-23/h5-9,12-16,20H,4,10H2,1-3H3,(H,28,32)(H2,29,30,31)/t16-,20?/m1/s1. The van der Waals surface area contributed by atoms with E-state index in [1.807, 2.05) is 19.1 Å². The second kappa shape index (κ2) is 12.1. The quantitative estimate of drug-likeness (QED) is 0.371. The maximum atomic E-state index is 12.6. The number of nitrogens with one attached hydrogen (secondary N) is 3. The van der Waals surface area contributed by atoms with Crippen molar-refractivity contribution < 1.29 is 23.5 Å². The normalized spacial score (nSPS) is 12.1. The lowest BCUT2D eigenvalue weighted by Gasteiger charge is -2.18. The van der Waals surface area contributed by atoms with Gasteiger partial charge in [-0.3, -0.25) is 0 Å². The van der Waals surface area contributed by atoms with Gasteiger partial charge in [0.05, 0.1) is 37.4 Å². The van der Waals surface area contributed by atoms with Crippen LogP contribution in [0, 0.1) is 11.3 Å². The molecule has 1 heterocycles. The van der Waals surface area contributed by atoms with E-state index >= 15 is 0 Å². The van der Waals surface area contributed by atoms with Crippen LogP contribution in [-0.4, -0.2) is 30.3 Å². The first-order valence-electron chi connectivity index (χ1n) is 11.0. The number of aromatic nitrogens is 1. The van der Waals surface area contributed by atoms with Crippen molar-refractivity contribution in [3.63, 3.8) is 0 Å². The van der Waals surface area contributed by atoms with E-state index in [0.29, 0.717) is 34.9 Å². The summed E-state index contributed by atoms with van der Waals surface area (Å²) in [5, 5.41) is 17.1. The molecule has 10 heteroatoms. The van der Waals surface area contributed by atoms with Crippen molar-refractivity contribution >= 4 is 23.5 Å². The molecular weight excluding hydrogens is 450 g/mol. The van der Waals surface area contributed by atoms with Gasteiger partial charge in [-0.1, -0.05) is 19.1 Å². The molecule has 35 heavy (non-hydrogen) atoms. The van der Waals surface area contributed by atoms with E-state index in [-0.39, 0.29) is 12.5 Å². The lowest BCUT2D eigenvalue weighted by Crippen LogP contribution is -2.31. The zero-order valence-corrected chi connectivity index (χ0v) is 19.7. The zero-order valence-electron chi connectivity index (χ0n) is 19.7. The maximum absolute atomic E-state index is 12.6. The molecule has 3 rings (SSSR count). The van der Waals surface area contributed by atoms with Gasteiger partial charge in [0.25, 0.3) is 0 Å². The molecule has 0 spiro atoms.